The number of amides is 1. The maximum Gasteiger partial charge on any atom is 0.416 e. The summed E-state index contributed by atoms with van der Waals surface area (Å²) in [4.78, 5) is 19.0. The third-order valence-corrected chi connectivity index (χ3v) is 6.53. The van der Waals surface area contributed by atoms with Crippen molar-refractivity contribution in [3.05, 3.63) is 94.1 Å². The van der Waals surface area contributed by atoms with Gasteiger partial charge in [-0.1, -0.05) is 83.9 Å². The van der Waals surface area contributed by atoms with E-state index in [0.717, 1.165) is 5.39 Å². The SMILES string of the molecule is CCN(CC1c2ccccc2-c2ccccc21)C(=O)Oc1cc2cccc(Cl)c2c(Cl)n1. The molecule has 1 aromatic heterocycles. The molecule has 0 atom stereocenters. The fraction of sp³-hybridized carbons (Fsp3) is 0.154. The molecule has 0 bridgehead atoms. The predicted molar refractivity (Wildman–Crippen MR) is 129 cm³/mol. The molecule has 4 aromatic rings. The molecule has 3 aromatic carbocycles. The van der Waals surface area contributed by atoms with E-state index in [2.05, 4.69) is 29.2 Å². The van der Waals surface area contributed by atoms with Gasteiger partial charge in [0, 0.05) is 30.5 Å². The topological polar surface area (TPSA) is 42.4 Å². The van der Waals surface area contributed by atoms with E-state index in [1.165, 1.54) is 22.3 Å². The van der Waals surface area contributed by atoms with Gasteiger partial charge >= 0.3 is 6.09 Å². The first-order valence-corrected chi connectivity index (χ1v) is 11.2. The molecule has 1 aliphatic rings. The molecule has 0 saturated heterocycles. The van der Waals surface area contributed by atoms with Crippen molar-refractivity contribution in [3.8, 4) is 17.0 Å². The fourth-order valence-corrected chi connectivity index (χ4v) is 5.03. The summed E-state index contributed by atoms with van der Waals surface area (Å²) in [6.07, 6.45) is -0.459. The summed E-state index contributed by atoms with van der Waals surface area (Å²) in [6.45, 7) is 2.96. The highest BCUT2D eigenvalue weighted by molar-refractivity contribution is 6.41. The number of carbonyl (C=O) groups is 1. The normalized spacial score (nSPS) is 12.5. The number of aromatic nitrogens is 1. The van der Waals surface area contributed by atoms with Gasteiger partial charge in [-0.3, -0.25) is 0 Å². The van der Waals surface area contributed by atoms with Crippen LogP contribution in [0.2, 0.25) is 10.2 Å². The van der Waals surface area contributed by atoms with Gasteiger partial charge in [0.05, 0.1) is 5.02 Å². The Kier molecular flexibility index (Phi) is 5.50. The van der Waals surface area contributed by atoms with Crippen LogP contribution < -0.4 is 4.74 Å². The van der Waals surface area contributed by atoms with E-state index < -0.39 is 6.09 Å². The van der Waals surface area contributed by atoms with Crippen LogP contribution in [0.5, 0.6) is 5.88 Å². The van der Waals surface area contributed by atoms with Crippen LogP contribution in [0.3, 0.4) is 0 Å². The van der Waals surface area contributed by atoms with Crippen LogP contribution in [0.25, 0.3) is 21.9 Å². The lowest BCUT2D eigenvalue weighted by Crippen LogP contribution is -2.36. The molecule has 0 saturated carbocycles. The molecular weight excluding hydrogens is 443 g/mol. The van der Waals surface area contributed by atoms with Gasteiger partial charge in [-0.25, -0.2) is 9.78 Å². The molecule has 0 unspecified atom stereocenters. The molecule has 1 amide bonds. The molecule has 0 aliphatic heterocycles. The molecule has 0 fully saturated rings. The van der Waals surface area contributed by atoms with Gasteiger partial charge < -0.3 is 9.64 Å². The molecule has 4 nitrogen and oxygen atoms in total. The zero-order chi connectivity index (χ0) is 22.2. The van der Waals surface area contributed by atoms with Crippen molar-refractivity contribution < 1.29 is 9.53 Å². The van der Waals surface area contributed by atoms with Crippen LogP contribution in [0.1, 0.15) is 24.0 Å². The van der Waals surface area contributed by atoms with Gasteiger partial charge in [0.1, 0.15) is 5.15 Å². The summed E-state index contributed by atoms with van der Waals surface area (Å²) in [5.41, 5.74) is 4.89. The van der Waals surface area contributed by atoms with Crippen LogP contribution in [0.4, 0.5) is 4.79 Å². The Labute approximate surface area is 196 Å². The second kappa shape index (κ2) is 8.45. The minimum absolute atomic E-state index is 0.0851. The van der Waals surface area contributed by atoms with Crippen LogP contribution in [-0.4, -0.2) is 29.1 Å². The number of hydrogen-bond acceptors (Lipinski definition) is 3. The third-order valence-electron chi connectivity index (χ3n) is 5.94. The highest BCUT2D eigenvalue weighted by atomic mass is 35.5. The van der Waals surface area contributed by atoms with Gasteiger partial charge in [0.15, 0.2) is 0 Å². The molecule has 0 spiro atoms. The Morgan fingerprint density at radius 1 is 0.969 bits per heavy atom. The number of likely N-dealkylation sites (N-methyl/N-ethyl adjacent to an activating group) is 1. The fourth-order valence-electron chi connectivity index (χ4n) is 4.41. The first-order valence-electron chi connectivity index (χ1n) is 10.5. The van der Waals surface area contributed by atoms with Gasteiger partial charge in [-0.15, -0.1) is 0 Å². The maximum absolute atomic E-state index is 13.1. The van der Waals surface area contributed by atoms with Crippen LogP contribution >= 0.6 is 23.2 Å². The smallest absolute Gasteiger partial charge is 0.391 e. The summed E-state index contributed by atoms with van der Waals surface area (Å²) in [5, 5.41) is 2.12. The Balaban J connectivity index is 1.42. The molecule has 160 valence electrons. The summed E-state index contributed by atoms with van der Waals surface area (Å²) in [5.74, 6) is 0.238. The quantitative estimate of drug-likeness (QED) is 0.301. The molecule has 1 aliphatic carbocycles. The van der Waals surface area contributed by atoms with Crippen molar-refractivity contribution in [3.63, 3.8) is 0 Å². The number of pyridine rings is 1. The van der Waals surface area contributed by atoms with Crippen molar-refractivity contribution in [2.75, 3.05) is 13.1 Å². The molecule has 6 heteroatoms. The van der Waals surface area contributed by atoms with E-state index in [4.69, 9.17) is 27.9 Å². The van der Waals surface area contributed by atoms with Gasteiger partial charge in [-0.05, 0) is 40.6 Å². The maximum atomic E-state index is 13.1. The monoisotopic (exact) mass is 462 g/mol. The van der Waals surface area contributed by atoms with Crippen molar-refractivity contribution in [2.24, 2.45) is 0 Å². The van der Waals surface area contributed by atoms with Crippen molar-refractivity contribution >= 4 is 40.1 Å². The molecule has 0 radical (unpaired) electrons. The first kappa shape index (κ1) is 20.8. The minimum Gasteiger partial charge on any atom is -0.391 e. The third kappa shape index (κ3) is 3.60. The highest BCUT2D eigenvalue weighted by Gasteiger charge is 2.31. The first-order chi connectivity index (χ1) is 15.6. The summed E-state index contributed by atoms with van der Waals surface area (Å²) >= 11 is 12.5. The van der Waals surface area contributed by atoms with Gasteiger partial charge in [-0.2, -0.15) is 0 Å². The molecule has 1 heterocycles. The van der Waals surface area contributed by atoms with Crippen LogP contribution in [0.15, 0.2) is 72.8 Å². The van der Waals surface area contributed by atoms with Gasteiger partial charge in [0.25, 0.3) is 0 Å². The van der Waals surface area contributed by atoms with Crippen LogP contribution in [-0.2, 0) is 0 Å². The standard InChI is InChI=1S/C26H20Cl2N2O2/c1-2-30(15-21-19-11-5-3-9-17(19)18-10-4-6-12-20(18)21)26(31)32-23-14-16-8-7-13-22(27)24(16)25(28)29-23/h3-14,21H,2,15H2,1H3. The lowest BCUT2D eigenvalue weighted by Gasteiger charge is -2.25. The average Bonchev–Trinajstić information content (AvgIpc) is 3.11. The number of carbonyl (C=O) groups excluding carboxylic acids is 1. The summed E-state index contributed by atoms with van der Waals surface area (Å²) in [7, 11) is 0. The largest absolute Gasteiger partial charge is 0.416 e. The average molecular weight is 463 g/mol. The number of nitrogens with zero attached hydrogens (tertiary/aromatic N) is 2. The van der Waals surface area contributed by atoms with Crippen molar-refractivity contribution in [2.45, 2.75) is 12.8 Å². The number of rotatable bonds is 4. The van der Waals surface area contributed by atoms with Crippen molar-refractivity contribution in [1.29, 1.82) is 0 Å². The molecule has 5 rings (SSSR count). The van der Waals surface area contributed by atoms with Crippen molar-refractivity contribution in [1.82, 2.24) is 9.88 Å². The molecule has 32 heavy (non-hydrogen) atoms. The van der Waals surface area contributed by atoms with E-state index in [0.29, 0.717) is 23.5 Å². The Bertz CT molecular complexity index is 1290. The zero-order valence-electron chi connectivity index (χ0n) is 17.4. The lowest BCUT2D eigenvalue weighted by molar-refractivity contribution is 0.151. The molecular formula is C26H20Cl2N2O2. The number of fused-ring (bicyclic) bond motifs is 4. The number of halogens is 2. The van der Waals surface area contributed by atoms with E-state index >= 15 is 0 Å². The Morgan fingerprint density at radius 2 is 1.62 bits per heavy atom. The zero-order valence-corrected chi connectivity index (χ0v) is 18.9. The highest BCUT2D eigenvalue weighted by Crippen LogP contribution is 2.44. The van der Waals surface area contributed by atoms with E-state index in [-0.39, 0.29) is 17.0 Å². The van der Waals surface area contributed by atoms with E-state index in [1.54, 1.807) is 17.0 Å². The Morgan fingerprint density at radius 3 is 2.28 bits per heavy atom. The second-order valence-electron chi connectivity index (χ2n) is 7.72. The summed E-state index contributed by atoms with van der Waals surface area (Å²) < 4.78 is 5.63. The lowest BCUT2D eigenvalue weighted by atomic mass is 9.96. The van der Waals surface area contributed by atoms with E-state index in [9.17, 15) is 4.79 Å². The number of hydrogen-bond donors (Lipinski definition) is 0. The van der Waals surface area contributed by atoms with Crippen LogP contribution in [0, 0.1) is 0 Å². The second-order valence-corrected chi connectivity index (χ2v) is 8.49. The number of benzene rings is 3. The van der Waals surface area contributed by atoms with Gasteiger partial charge in [0.2, 0.25) is 5.88 Å². The predicted octanol–water partition coefficient (Wildman–Crippen LogP) is 7.17. The molecule has 0 N–H and O–H groups in total. The summed E-state index contributed by atoms with van der Waals surface area (Å²) in [6, 6.07) is 23.8. The number of ether oxygens (including phenoxy) is 1. The Hall–Kier alpha value is -3.08. The minimum atomic E-state index is -0.459. The van der Waals surface area contributed by atoms with E-state index in [1.807, 2.05) is 43.3 Å².